The van der Waals surface area contributed by atoms with E-state index in [1.54, 1.807) is 12.4 Å². The Bertz CT molecular complexity index is 444. The number of aromatic nitrogens is 4. The Balaban J connectivity index is 2.29. The fourth-order valence-electron chi connectivity index (χ4n) is 1.01. The van der Waals surface area contributed by atoms with Gasteiger partial charge < -0.3 is 15.5 Å². The zero-order valence-electron chi connectivity index (χ0n) is 7.97. The molecule has 0 aliphatic heterocycles. The summed E-state index contributed by atoms with van der Waals surface area (Å²) in [5.41, 5.74) is 6.22. The van der Waals surface area contributed by atoms with Gasteiger partial charge in [-0.1, -0.05) is 0 Å². The van der Waals surface area contributed by atoms with Crippen LogP contribution in [-0.2, 0) is 0 Å². The van der Waals surface area contributed by atoms with Crippen LogP contribution in [0, 0.1) is 0 Å². The number of imidazole rings is 1. The first kappa shape index (κ1) is 9.78. The smallest absolute Gasteiger partial charge is 0.241 e. The van der Waals surface area contributed by atoms with Crippen molar-refractivity contribution >= 4 is 17.4 Å². The fraction of sp³-hybridized carbons (Fsp3) is 0.125. The number of H-pyrrole nitrogens is 1. The minimum Gasteiger partial charge on any atom is -0.479 e. The minimum absolute atomic E-state index is 0.374. The monoisotopic (exact) mass is 223 g/mol. The standard InChI is InChI=1S/C8H9N5OS/c1-14-6-5(9)7(13-4-12-6)15-8-10-2-3-11-8/h2-4H,9H2,1H3,(H,10,11). The molecule has 15 heavy (non-hydrogen) atoms. The van der Waals surface area contributed by atoms with E-state index < -0.39 is 0 Å². The lowest BCUT2D eigenvalue weighted by molar-refractivity contribution is 0.397. The molecule has 2 aromatic heterocycles. The number of nitrogens with two attached hydrogens (primary N) is 1. The molecule has 0 amide bonds. The van der Waals surface area contributed by atoms with Crippen LogP contribution in [0.15, 0.2) is 28.9 Å². The lowest BCUT2D eigenvalue weighted by atomic mass is 10.5. The van der Waals surface area contributed by atoms with Gasteiger partial charge in [-0.05, 0) is 11.8 Å². The molecule has 0 aliphatic rings. The molecule has 0 aromatic carbocycles. The summed E-state index contributed by atoms with van der Waals surface area (Å²) >= 11 is 1.33. The average molecular weight is 223 g/mol. The molecule has 0 saturated heterocycles. The van der Waals surface area contributed by atoms with Crippen LogP contribution in [0.1, 0.15) is 0 Å². The largest absolute Gasteiger partial charge is 0.479 e. The number of hydrogen-bond donors (Lipinski definition) is 2. The summed E-state index contributed by atoms with van der Waals surface area (Å²) in [5, 5.41) is 1.35. The highest BCUT2D eigenvalue weighted by Crippen LogP contribution is 2.31. The first-order valence-corrected chi connectivity index (χ1v) is 4.94. The lowest BCUT2D eigenvalue weighted by Gasteiger charge is -2.05. The average Bonchev–Trinajstić information content (AvgIpc) is 2.74. The Kier molecular flexibility index (Phi) is 2.72. The molecule has 0 spiro atoms. The summed E-state index contributed by atoms with van der Waals surface area (Å²) in [7, 11) is 1.51. The van der Waals surface area contributed by atoms with Gasteiger partial charge >= 0.3 is 0 Å². The van der Waals surface area contributed by atoms with E-state index in [-0.39, 0.29) is 0 Å². The fourth-order valence-corrected chi connectivity index (χ4v) is 1.73. The van der Waals surface area contributed by atoms with E-state index in [1.165, 1.54) is 25.2 Å². The van der Waals surface area contributed by atoms with Crippen LogP contribution in [0.2, 0.25) is 0 Å². The third kappa shape index (κ3) is 2.01. The first-order chi connectivity index (χ1) is 7.31. The summed E-state index contributed by atoms with van der Waals surface area (Å²) in [6.07, 6.45) is 4.80. The Morgan fingerprint density at radius 3 is 2.93 bits per heavy atom. The van der Waals surface area contributed by atoms with Gasteiger partial charge in [0.25, 0.3) is 0 Å². The van der Waals surface area contributed by atoms with Crippen LogP contribution >= 0.6 is 11.8 Å². The maximum atomic E-state index is 5.80. The number of ether oxygens (including phenoxy) is 1. The van der Waals surface area contributed by atoms with E-state index >= 15 is 0 Å². The highest BCUT2D eigenvalue weighted by Gasteiger charge is 2.10. The molecule has 0 fully saturated rings. The zero-order chi connectivity index (χ0) is 10.7. The molecule has 2 rings (SSSR count). The van der Waals surface area contributed by atoms with Gasteiger partial charge in [-0.15, -0.1) is 0 Å². The van der Waals surface area contributed by atoms with Gasteiger partial charge in [0.1, 0.15) is 17.0 Å². The Morgan fingerprint density at radius 2 is 2.27 bits per heavy atom. The predicted octanol–water partition coefficient (Wildman–Crippen LogP) is 0.942. The quantitative estimate of drug-likeness (QED) is 0.753. The molecule has 0 radical (unpaired) electrons. The van der Waals surface area contributed by atoms with Crippen LogP contribution < -0.4 is 10.5 Å². The predicted molar refractivity (Wildman–Crippen MR) is 55.7 cm³/mol. The molecule has 0 atom stereocenters. The van der Waals surface area contributed by atoms with Crippen LogP contribution in [0.5, 0.6) is 5.88 Å². The van der Waals surface area contributed by atoms with Crippen molar-refractivity contribution in [2.45, 2.75) is 10.2 Å². The maximum absolute atomic E-state index is 5.80. The van der Waals surface area contributed by atoms with Crippen molar-refractivity contribution in [1.29, 1.82) is 0 Å². The summed E-state index contributed by atoms with van der Waals surface area (Å²) < 4.78 is 4.98. The van der Waals surface area contributed by atoms with Crippen molar-refractivity contribution < 1.29 is 4.74 Å². The Hall–Kier alpha value is -1.76. The number of aromatic amines is 1. The molecule has 6 nitrogen and oxygen atoms in total. The summed E-state index contributed by atoms with van der Waals surface area (Å²) in [6, 6.07) is 0. The topological polar surface area (TPSA) is 89.7 Å². The van der Waals surface area contributed by atoms with Crippen molar-refractivity contribution in [2.24, 2.45) is 0 Å². The van der Waals surface area contributed by atoms with Crippen LogP contribution in [0.3, 0.4) is 0 Å². The molecule has 78 valence electrons. The van der Waals surface area contributed by atoms with Gasteiger partial charge in [-0.3, -0.25) is 0 Å². The molecular weight excluding hydrogens is 214 g/mol. The van der Waals surface area contributed by atoms with Gasteiger partial charge in [-0.25, -0.2) is 9.97 Å². The highest BCUT2D eigenvalue weighted by atomic mass is 32.2. The highest BCUT2D eigenvalue weighted by molar-refractivity contribution is 7.99. The van der Waals surface area contributed by atoms with Crippen molar-refractivity contribution in [3.63, 3.8) is 0 Å². The number of nitrogens with zero attached hydrogens (tertiary/aromatic N) is 3. The summed E-state index contributed by atoms with van der Waals surface area (Å²) in [4.78, 5) is 14.9. The van der Waals surface area contributed by atoms with Gasteiger partial charge in [0, 0.05) is 12.4 Å². The molecule has 0 unspecified atom stereocenters. The van der Waals surface area contributed by atoms with Gasteiger partial charge in [0.15, 0.2) is 5.16 Å². The van der Waals surface area contributed by atoms with Crippen molar-refractivity contribution in [3.05, 3.63) is 18.7 Å². The molecule has 3 N–H and O–H groups in total. The van der Waals surface area contributed by atoms with Crippen molar-refractivity contribution in [2.75, 3.05) is 12.8 Å². The Labute approximate surface area is 90.3 Å². The molecule has 0 aliphatic carbocycles. The molecule has 2 aromatic rings. The third-order valence-corrected chi connectivity index (χ3v) is 2.61. The van der Waals surface area contributed by atoms with E-state index in [9.17, 15) is 0 Å². The second-order valence-corrected chi connectivity index (χ2v) is 3.58. The van der Waals surface area contributed by atoms with Crippen LogP contribution in [0.25, 0.3) is 0 Å². The van der Waals surface area contributed by atoms with E-state index in [0.717, 1.165) is 5.16 Å². The first-order valence-electron chi connectivity index (χ1n) is 4.13. The van der Waals surface area contributed by atoms with Gasteiger partial charge in [-0.2, -0.15) is 4.98 Å². The maximum Gasteiger partial charge on any atom is 0.241 e. The molecular formula is C8H9N5OS. The van der Waals surface area contributed by atoms with Gasteiger partial charge in [0.05, 0.1) is 7.11 Å². The minimum atomic E-state index is 0.374. The van der Waals surface area contributed by atoms with E-state index in [2.05, 4.69) is 19.9 Å². The SMILES string of the molecule is COc1ncnc(Sc2ncc[nH]2)c1N. The summed E-state index contributed by atoms with van der Waals surface area (Å²) in [5.74, 6) is 0.374. The van der Waals surface area contributed by atoms with Gasteiger partial charge in [0.2, 0.25) is 5.88 Å². The number of methoxy groups -OCH3 is 1. The number of hydrogen-bond acceptors (Lipinski definition) is 6. The van der Waals surface area contributed by atoms with Crippen molar-refractivity contribution in [3.8, 4) is 5.88 Å². The van der Waals surface area contributed by atoms with Crippen molar-refractivity contribution in [1.82, 2.24) is 19.9 Å². The second-order valence-electron chi connectivity index (χ2n) is 2.60. The van der Waals surface area contributed by atoms with E-state index in [1.807, 2.05) is 0 Å². The normalized spacial score (nSPS) is 10.2. The van der Waals surface area contributed by atoms with Crippen LogP contribution in [0.4, 0.5) is 5.69 Å². The Morgan fingerprint density at radius 1 is 1.40 bits per heavy atom. The number of nitrogens with one attached hydrogen (secondary N) is 1. The van der Waals surface area contributed by atoms with E-state index in [0.29, 0.717) is 16.6 Å². The molecule has 0 saturated carbocycles. The zero-order valence-corrected chi connectivity index (χ0v) is 8.78. The van der Waals surface area contributed by atoms with E-state index in [4.69, 9.17) is 10.5 Å². The molecule has 2 heterocycles. The lowest BCUT2D eigenvalue weighted by Crippen LogP contribution is -1.99. The number of nitrogen functional groups attached to an aromatic ring is 1. The summed E-state index contributed by atoms with van der Waals surface area (Å²) in [6.45, 7) is 0. The van der Waals surface area contributed by atoms with Crippen LogP contribution in [-0.4, -0.2) is 27.0 Å². The third-order valence-electron chi connectivity index (χ3n) is 1.67. The molecule has 0 bridgehead atoms. The number of rotatable bonds is 3. The second kappa shape index (κ2) is 4.18. The number of anilines is 1. The molecule has 7 heteroatoms.